The summed E-state index contributed by atoms with van der Waals surface area (Å²) in [5.41, 5.74) is 5.32. The van der Waals surface area contributed by atoms with Gasteiger partial charge in [0, 0.05) is 12.8 Å². The molecule has 1 aliphatic rings. The van der Waals surface area contributed by atoms with Crippen molar-refractivity contribution in [3.63, 3.8) is 0 Å². The summed E-state index contributed by atoms with van der Waals surface area (Å²) >= 11 is 0. The Balaban J connectivity index is 2.37. The molecule has 1 heterocycles. The van der Waals surface area contributed by atoms with E-state index in [9.17, 15) is 23.8 Å². The number of carboxylic acid groups (broad SMARTS) is 1. The monoisotopic (exact) mass is 845 g/mol. The van der Waals surface area contributed by atoms with Gasteiger partial charge in [0.15, 0.2) is 6.10 Å². The van der Waals surface area contributed by atoms with Crippen LogP contribution in [0.15, 0.2) is 97.2 Å². The predicted molar refractivity (Wildman–Crippen MR) is 234 cm³/mol. The van der Waals surface area contributed by atoms with Gasteiger partial charge in [0.1, 0.15) is 12.6 Å². The van der Waals surface area contributed by atoms with Crippen molar-refractivity contribution in [1.29, 1.82) is 0 Å². The van der Waals surface area contributed by atoms with Gasteiger partial charge in [-0.2, -0.15) is 0 Å². The standard InChI is InChI=1S/C46H72NO11P/c1-3-5-7-8-9-10-11-12-13-14-19-22-25-28-32-36-45(49)57-40(38-55-59(52,53)56-39-41(47)46(50)51)37-54-44(48)35-31-27-24-21-18-16-15-17-20-23-26-30-34-43-42(58-43)33-29-6-4-2/h6,9-10,12-13,16-20,22,24,26-27,29-30,40-43H,3-5,7-8,11,14-15,21,23,25,28,31-39,47H2,1-2H3,(H,50,51)(H,52,53)/b10-9-,13-12-,18-16-,20-17-,22-19-,27-24-,29-6-,30-26-/t40-,41+,42?,43?/m1/s1. The second kappa shape index (κ2) is 36.2. The van der Waals surface area contributed by atoms with Crippen molar-refractivity contribution in [3.05, 3.63) is 97.2 Å². The highest BCUT2D eigenvalue weighted by Crippen LogP contribution is 2.43. The highest BCUT2D eigenvalue weighted by atomic mass is 31.2. The third-order valence-electron chi connectivity index (χ3n) is 8.73. The zero-order chi connectivity index (χ0) is 43.2. The third kappa shape index (κ3) is 33.8. The molecule has 1 fully saturated rings. The van der Waals surface area contributed by atoms with E-state index in [1.54, 1.807) is 0 Å². The smallest absolute Gasteiger partial charge is 0.472 e. The third-order valence-corrected chi connectivity index (χ3v) is 9.68. The fraction of sp³-hybridized carbons (Fsp3) is 0.587. The predicted octanol–water partition coefficient (Wildman–Crippen LogP) is 10.3. The lowest BCUT2D eigenvalue weighted by Gasteiger charge is -2.20. The van der Waals surface area contributed by atoms with Crippen molar-refractivity contribution in [3.8, 4) is 0 Å². The number of esters is 2. The van der Waals surface area contributed by atoms with Crippen LogP contribution in [0.4, 0.5) is 0 Å². The highest BCUT2D eigenvalue weighted by Gasteiger charge is 2.36. The van der Waals surface area contributed by atoms with Crippen molar-refractivity contribution in [2.75, 3.05) is 19.8 Å². The average Bonchev–Trinajstić information content (AvgIpc) is 3.97. The topological polar surface area (TPSA) is 184 Å². The lowest BCUT2D eigenvalue weighted by Crippen LogP contribution is -2.34. The number of carboxylic acids is 1. The van der Waals surface area contributed by atoms with Crippen LogP contribution < -0.4 is 5.73 Å². The number of carbonyl (C=O) groups is 3. The van der Waals surface area contributed by atoms with Gasteiger partial charge < -0.3 is 29.9 Å². The number of aliphatic carboxylic acids is 1. The second-order valence-corrected chi connectivity index (χ2v) is 15.6. The van der Waals surface area contributed by atoms with Gasteiger partial charge in [0.25, 0.3) is 0 Å². The van der Waals surface area contributed by atoms with Gasteiger partial charge in [0.05, 0.1) is 25.4 Å². The van der Waals surface area contributed by atoms with Crippen molar-refractivity contribution >= 4 is 25.7 Å². The van der Waals surface area contributed by atoms with E-state index in [0.29, 0.717) is 25.0 Å². The molecule has 0 aromatic carbocycles. The van der Waals surface area contributed by atoms with Gasteiger partial charge >= 0.3 is 25.7 Å². The Morgan fingerprint density at radius 2 is 1.12 bits per heavy atom. The Morgan fingerprint density at radius 3 is 1.66 bits per heavy atom. The summed E-state index contributed by atoms with van der Waals surface area (Å²) in [4.78, 5) is 45.9. The molecule has 332 valence electrons. The van der Waals surface area contributed by atoms with Crippen LogP contribution in [0.25, 0.3) is 0 Å². The van der Waals surface area contributed by atoms with Gasteiger partial charge in [-0.3, -0.25) is 23.4 Å². The number of rotatable bonds is 37. The molecule has 4 N–H and O–H groups in total. The molecule has 0 saturated carbocycles. The fourth-order valence-electron chi connectivity index (χ4n) is 5.25. The molecule has 12 nitrogen and oxygen atoms in total. The largest absolute Gasteiger partial charge is 0.480 e. The van der Waals surface area contributed by atoms with Gasteiger partial charge in [-0.15, -0.1) is 0 Å². The minimum atomic E-state index is -4.75. The van der Waals surface area contributed by atoms with Gasteiger partial charge in [-0.05, 0) is 89.9 Å². The highest BCUT2D eigenvalue weighted by molar-refractivity contribution is 7.47. The Labute approximate surface area is 353 Å². The zero-order valence-electron chi connectivity index (χ0n) is 35.5. The summed E-state index contributed by atoms with van der Waals surface area (Å²) in [5, 5.41) is 8.88. The van der Waals surface area contributed by atoms with Crippen molar-refractivity contribution in [2.24, 2.45) is 5.73 Å². The minimum Gasteiger partial charge on any atom is -0.480 e. The first-order valence-corrected chi connectivity index (χ1v) is 22.9. The van der Waals surface area contributed by atoms with Gasteiger partial charge in [-0.25, -0.2) is 4.57 Å². The molecule has 0 radical (unpaired) electrons. The van der Waals surface area contributed by atoms with Crippen molar-refractivity contribution in [2.45, 2.75) is 154 Å². The van der Waals surface area contributed by atoms with Gasteiger partial charge in [-0.1, -0.05) is 124 Å². The molecule has 0 bridgehead atoms. The summed E-state index contributed by atoms with van der Waals surface area (Å²) in [5.74, 6) is -2.56. The van der Waals surface area contributed by atoms with Crippen LogP contribution in [0.5, 0.6) is 0 Å². The average molecular weight is 846 g/mol. The zero-order valence-corrected chi connectivity index (χ0v) is 36.4. The van der Waals surface area contributed by atoms with Crippen molar-refractivity contribution < 1.29 is 52.2 Å². The number of hydrogen-bond acceptors (Lipinski definition) is 10. The Morgan fingerprint density at radius 1 is 0.627 bits per heavy atom. The molecule has 13 heteroatoms. The Hall–Kier alpha value is -3.64. The number of unbranched alkanes of at least 4 members (excludes halogenated alkanes) is 5. The van der Waals surface area contributed by atoms with Crippen LogP contribution in [0.3, 0.4) is 0 Å². The summed E-state index contributed by atoms with van der Waals surface area (Å²) < 4.78 is 38.2. The number of nitrogens with two attached hydrogens (primary N) is 1. The number of epoxide rings is 1. The quantitative estimate of drug-likeness (QED) is 0.0177. The van der Waals surface area contributed by atoms with E-state index in [4.69, 9.17) is 29.6 Å². The summed E-state index contributed by atoms with van der Waals surface area (Å²) in [7, 11) is -4.75. The van der Waals surface area contributed by atoms with Crippen LogP contribution in [-0.2, 0) is 42.2 Å². The molecular formula is C46H72NO11P. The van der Waals surface area contributed by atoms with E-state index >= 15 is 0 Å². The maximum absolute atomic E-state index is 12.6. The first-order valence-electron chi connectivity index (χ1n) is 21.4. The molecule has 3 unspecified atom stereocenters. The van der Waals surface area contributed by atoms with E-state index in [0.717, 1.165) is 70.6 Å². The molecule has 1 saturated heterocycles. The number of phosphoric acid groups is 1. The summed E-state index contributed by atoms with van der Waals surface area (Å²) in [6.45, 7) is 2.51. The molecule has 0 aromatic rings. The molecule has 0 spiro atoms. The minimum absolute atomic E-state index is 0.0790. The SMILES string of the molecule is CC/C=C\CC1OC1C/C=C\C/C=C\C/C=C\C/C=C\CCC(=O)OC[C@H](COP(=O)(O)OC[C@H](N)C(=O)O)OC(=O)CCCC/C=C\C/C=C\C/C=C\CCCCC. The van der Waals surface area contributed by atoms with Crippen LogP contribution in [0.2, 0.25) is 0 Å². The molecular weight excluding hydrogens is 773 g/mol. The number of ether oxygens (including phenoxy) is 3. The molecule has 59 heavy (non-hydrogen) atoms. The second-order valence-electron chi connectivity index (χ2n) is 14.1. The maximum Gasteiger partial charge on any atom is 0.472 e. The van der Waals surface area contributed by atoms with Crippen molar-refractivity contribution in [1.82, 2.24) is 0 Å². The Kier molecular flexibility index (Phi) is 32.8. The van der Waals surface area contributed by atoms with E-state index in [1.807, 2.05) is 12.2 Å². The maximum atomic E-state index is 12.6. The number of carbonyl (C=O) groups excluding carboxylic acids is 2. The normalized spacial score (nSPS) is 18.1. The van der Waals surface area contributed by atoms with Crippen LogP contribution >= 0.6 is 7.82 Å². The number of phosphoric ester groups is 1. The van der Waals surface area contributed by atoms with E-state index in [2.05, 4.69) is 103 Å². The number of allylic oxidation sites excluding steroid dienone is 14. The Bertz CT molecular complexity index is 1430. The first-order chi connectivity index (χ1) is 28.6. The molecule has 1 rings (SSSR count). The lowest BCUT2D eigenvalue weighted by molar-refractivity contribution is -0.161. The lowest BCUT2D eigenvalue weighted by atomic mass is 10.1. The van der Waals surface area contributed by atoms with E-state index in [-0.39, 0.29) is 12.8 Å². The van der Waals surface area contributed by atoms with E-state index < -0.39 is 57.7 Å². The van der Waals surface area contributed by atoms with Crippen LogP contribution in [0, 0.1) is 0 Å². The van der Waals surface area contributed by atoms with Crippen LogP contribution in [0.1, 0.15) is 129 Å². The first kappa shape index (κ1) is 53.4. The van der Waals surface area contributed by atoms with Crippen LogP contribution in [-0.4, -0.2) is 72.1 Å². The number of hydrogen-bond donors (Lipinski definition) is 3. The molecule has 0 aromatic heterocycles. The molecule has 0 amide bonds. The summed E-state index contributed by atoms with van der Waals surface area (Å²) in [6.07, 6.45) is 48.2. The summed E-state index contributed by atoms with van der Waals surface area (Å²) in [6, 6.07) is -1.54. The molecule has 0 aliphatic carbocycles. The molecule has 1 aliphatic heterocycles. The molecule has 5 atom stereocenters. The van der Waals surface area contributed by atoms with E-state index in [1.165, 1.54) is 19.3 Å². The fourth-order valence-corrected chi connectivity index (χ4v) is 6.03. The van der Waals surface area contributed by atoms with Gasteiger partial charge in [0.2, 0.25) is 0 Å².